The minimum Gasteiger partial charge on any atom is -0.352 e. The van der Waals surface area contributed by atoms with Crippen LogP contribution in [0.5, 0.6) is 0 Å². The maximum Gasteiger partial charge on any atom is 0.434 e. The first kappa shape index (κ1) is 21.6. The van der Waals surface area contributed by atoms with Crippen LogP contribution in [0.3, 0.4) is 0 Å². The number of anilines is 1. The Balaban J connectivity index is 1.58. The molecule has 0 saturated carbocycles. The van der Waals surface area contributed by atoms with Crippen LogP contribution in [0.25, 0.3) is 5.69 Å². The van der Waals surface area contributed by atoms with Gasteiger partial charge in [-0.3, -0.25) is 4.79 Å². The molecule has 32 heavy (non-hydrogen) atoms. The molecule has 3 aromatic rings. The first-order valence-corrected chi connectivity index (χ1v) is 9.98. The van der Waals surface area contributed by atoms with Gasteiger partial charge in [0.05, 0.1) is 23.0 Å². The lowest BCUT2D eigenvalue weighted by molar-refractivity contribution is -0.143. The molecule has 164 valence electrons. The molecular formula is C21H16ClF3N6O. The predicted molar refractivity (Wildman–Crippen MR) is 111 cm³/mol. The van der Waals surface area contributed by atoms with Gasteiger partial charge in [-0.25, -0.2) is 9.67 Å². The number of nitrogens with zero attached hydrogens (tertiary/aromatic N) is 6. The van der Waals surface area contributed by atoms with Gasteiger partial charge in [0.1, 0.15) is 11.9 Å². The molecule has 0 bridgehead atoms. The summed E-state index contributed by atoms with van der Waals surface area (Å²) >= 11 is 5.82. The van der Waals surface area contributed by atoms with Crippen molar-refractivity contribution in [1.29, 1.82) is 5.26 Å². The molecule has 7 nitrogen and oxygen atoms in total. The number of amides is 1. The summed E-state index contributed by atoms with van der Waals surface area (Å²) in [7, 11) is 0. The molecule has 1 aliphatic rings. The second-order valence-electron chi connectivity index (χ2n) is 7.06. The van der Waals surface area contributed by atoms with Gasteiger partial charge in [0.25, 0.3) is 5.91 Å². The van der Waals surface area contributed by atoms with Crippen molar-refractivity contribution in [2.45, 2.75) is 6.18 Å². The molecule has 2 aromatic heterocycles. The summed E-state index contributed by atoms with van der Waals surface area (Å²) in [4.78, 5) is 20.4. The first-order valence-electron chi connectivity index (χ1n) is 9.60. The van der Waals surface area contributed by atoms with Crippen LogP contribution in [0, 0.1) is 11.3 Å². The van der Waals surface area contributed by atoms with E-state index in [9.17, 15) is 23.2 Å². The molecule has 0 spiro atoms. The standard InChI is InChI=1S/C21H16ClF3N6O/c22-15-3-5-16(6-4-15)31-18(21(23,24)25)17(13-28-31)20(32)30-10-8-29(9-11-30)19-14(12-26)2-1-7-27-19/h1-7,13H,8-11H2. The zero-order chi connectivity index (χ0) is 22.9. The fraction of sp³-hybridized carbons (Fsp3) is 0.238. The van der Waals surface area contributed by atoms with Crippen LogP contribution in [0.4, 0.5) is 19.0 Å². The van der Waals surface area contributed by atoms with Gasteiger partial charge in [-0.1, -0.05) is 11.6 Å². The van der Waals surface area contributed by atoms with Crippen molar-refractivity contribution >= 4 is 23.3 Å². The quantitative estimate of drug-likeness (QED) is 0.594. The summed E-state index contributed by atoms with van der Waals surface area (Å²) in [6.07, 6.45) is -2.29. The number of carbonyl (C=O) groups excluding carboxylic acids is 1. The number of hydrogen-bond acceptors (Lipinski definition) is 5. The summed E-state index contributed by atoms with van der Waals surface area (Å²) in [6.45, 7) is 1.04. The fourth-order valence-electron chi connectivity index (χ4n) is 3.58. The molecule has 1 aliphatic heterocycles. The Hall–Kier alpha value is -3.58. The van der Waals surface area contributed by atoms with Gasteiger partial charge in [-0.15, -0.1) is 0 Å². The summed E-state index contributed by atoms with van der Waals surface area (Å²) in [5.41, 5.74) is -1.11. The van der Waals surface area contributed by atoms with Gasteiger partial charge >= 0.3 is 6.18 Å². The van der Waals surface area contributed by atoms with E-state index < -0.39 is 23.3 Å². The van der Waals surface area contributed by atoms with Gasteiger partial charge in [0.15, 0.2) is 5.69 Å². The molecule has 1 fully saturated rings. The average Bonchev–Trinajstić information content (AvgIpc) is 3.25. The van der Waals surface area contributed by atoms with Crippen molar-refractivity contribution < 1.29 is 18.0 Å². The summed E-state index contributed by atoms with van der Waals surface area (Å²) in [6, 6.07) is 11.1. The van der Waals surface area contributed by atoms with Gasteiger partial charge < -0.3 is 9.80 Å². The summed E-state index contributed by atoms with van der Waals surface area (Å²) in [5, 5.41) is 13.5. The van der Waals surface area contributed by atoms with Crippen molar-refractivity contribution in [2.24, 2.45) is 0 Å². The minimum absolute atomic E-state index is 0.143. The molecule has 0 aliphatic carbocycles. The zero-order valence-electron chi connectivity index (χ0n) is 16.6. The molecule has 3 heterocycles. The van der Waals surface area contributed by atoms with Crippen molar-refractivity contribution in [3.05, 3.63) is 70.6 Å². The third-order valence-electron chi connectivity index (χ3n) is 5.11. The van der Waals surface area contributed by atoms with E-state index in [4.69, 9.17) is 11.6 Å². The van der Waals surface area contributed by atoms with Crippen molar-refractivity contribution in [3.8, 4) is 11.8 Å². The maximum absolute atomic E-state index is 13.9. The summed E-state index contributed by atoms with van der Waals surface area (Å²) in [5.74, 6) is -0.257. The Morgan fingerprint density at radius 3 is 2.41 bits per heavy atom. The van der Waals surface area contributed by atoms with E-state index in [2.05, 4.69) is 16.2 Å². The molecule has 0 atom stereocenters. The molecule has 1 saturated heterocycles. The number of pyridine rings is 1. The van der Waals surface area contributed by atoms with E-state index in [1.54, 1.807) is 18.3 Å². The highest BCUT2D eigenvalue weighted by atomic mass is 35.5. The largest absolute Gasteiger partial charge is 0.434 e. The minimum atomic E-state index is -4.79. The second kappa shape index (κ2) is 8.51. The smallest absolute Gasteiger partial charge is 0.352 e. The Morgan fingerprint density at radius 2 is 1.78 bits per heavy atom. The third kappa shape index (κ3) is 4.11. The normalized spacial score (nSPS) is 14.3. The van der Waals surface area contributed by atoms with Crippen molar-refractivity contribution in [1.82, 2.24) is 19.7 Å². The molecule has 11 heteroatoms. The van der Waals surface area contributed by atoms with Crippen LogP contribution >= 0.6 is 11.6 Å². The molecular weight excluding hydrogens is 445 g/mol. The number of benzene rings is 1. The Bertz CT molecular complexity index is 1180. The zero-order valence-corrected chi connectivity index (χ0v) is 17.3. The lowest BCUT2D eigenvalue weighted by Gasteiger charge is -2.35. The van der Waals surface area contributed by atoms with E-state index in [1.807, 2.05) is 4.90 Å². The van der Waals surface area contributed by atoms with E-state index in [0.717, 1.165) is 6.20 Å². The molecule has 0 unspecified atom stereocenters. The number of nitriles is 1. The number of rotatable bonds is 3. The van der Waals surface area contributed by atoms with Crippen molar-refractivity contribution in [3.63, 3.8) is 0 Å². The Labute approximate surface area is 186 Å². The molecule has 4 rings (SSSR count). The van der Waals surface area contributed by atoms with Crippen molar-refractivity contribution in [2.75, 3.05) is 31.1 Å². The van der Waals surface area contributed by atoms with Crippen LogP contribution in [0.15, 0.2) is 48.8 Å². The highest BCUT2D eigenvalue weighted by molar-refractivity contribution is 6.30. The van der Waals surface area contributed by atoms with E-state index in [0.29, 0.717) is 34.2 Å². The topological polar surface area (TPSA) is 78.1 Å². The number of alkyl halides is 3. The molecule has 1 amide bonds. The average molecular weight is 461 g/mol. The number of carbonyl (C=O) groups is 1. The molecule has 0 N–H and O–H groups in total. The van der Waals surface area contributed by atoms with Gasteiger partial charge in [-0.05, 0) is 36.4 Å². The van der Waals surface area contributed by atoms with E-state index >= 15 is 0 Å². The third-order valence-corrected chi connectivity index (χ3v) is 5.36. The maximum atomic E-state index is 13.9. The second-order valence-corrected chi connectivity index (χ2v) is 7.49. The van der Waals surface area contributed by atoms with Crippen LogP contribution in [-0.4, -0.2) is 51.8 Å². The van der Waals surface area contributed by atoms with Crippen LogP contribution < -0.4 is 4.90 Å². The van der Waals surface area contributed by atoms with Crippen LogP contribution in [-0.2, 0) is 6.18 Å². The number of hydrogen-bond donors (Lipinski definition) is 0. The fourth-order valence-corrected chi connectivity index (χ4v) is 3.71. The van der Waals surface area contributed by atoms with E-state index in [-0.39, 0.29) is 18.8 Å². The Kier molecular flexibility index (Phi) is 5.76. The number of aromatic nitrogens is 3. The van der Waals surface area contributed by atoms with Gasteiger partial charge in [-0.2, -0.15) is 23.5 Å². The highest BCUT2D eigenvalue weighted by Gasteiger charge is 2.41. The van der Waals surface area contributed by atoms with Crippen LogP contribution in [0.1, 0.15) is 21.6 Å². The van der Waals surface area contributed by atoms with Gasteiger partial charge in [0.2, 0.25) is 0 Å². The van der Waals surface area contributed by atoms with E-state index in [1.165, 1.54) is 29.2 Å². The molecule has 0 radical (unpaired) electrons. The lowest BCUT2D eigenvalue weighted by Crippen LogP contribution is -2.49. The predicted octanol–water partition coefficient (Wildman–Crippen LogP) is 3.77. The first-order chi connectivity index (χ1) is 15.3. The van der Waals surface area contributed by atoms with Gasteiger partial charge in [0, 0.05) is 37.4 Å². The monoisotopic (exact) mass is 460 g/mol. The molecule has 1 aromatic carbocycles. The number of halogens is 4. The lowest BCUT2D eigenvalue weighted by atomic mass is 10.1. The number of piperazine rings is 1. The SMILES string of the molecule is N#Cc1cccnc1N1CCN(C(=O)c2cnn(-c3ccc(Cl)cc3)c2C(F)(F)F)CC1. The highest BCUT2D eigenvalue weighted by Crippen LogP contribution is 2.34. The summed E-state index contributed by atoms with van der Waals surface area (Å²) < 4.78 is 42.4. The van der Waals surface area contributed by atoms with Crippen LogP contribution in [0.2, 0.25) is 5.02 Å². The Morgan fingerprint density at radius 1 is 1.09 bits per heavy atom.